The molecule has 0 saturated heterocycles. The quantitative estimate of drug-likeness (QED) is 0.791. The lowest BCUT2D eigenvalue weighted by molar-refractivity contribution is -0.141. The molecule has 0 aliphatic rings. The van der Waals surface area contributed by atoms with Crippen molar-refractivity contribution in [2.24, 2.45) is 5.92 Å². The molecule has 0 spiro atoms. The van der Waals surface area contributed by atoms with Crippen LogP contribution in [0.5, 0.6) is 5.75 Å². The Bertz CT molecular complexity index is 373. The molecular weight excluding hydrogens is 220 g/mol. The van der Waals surface area contributed by atoms with Gasteiger partial charge in [-0.1, -0.05) is 25.1 Å². The topological polar surface area (TPSA) is 66.8 Å². The third-order valence-corrected chi connectivity index (χ3v) is 2.40. The van der Waals surface area contributed by atoms with E-state index in [2.05, 4.69) is 0 Å². The van der Waals surface area contributed by atoms with Crippen LogP contribution < -0.4 is 4.74 Å². The van der Waals surface area contributed by atoms with E-state index in [1.54, 1.807) is 19.9 Å². The van der Waals surface area contributed by atoms with Gasteiger partial charge in [0, 0.05) is 0 Å². The first kappa shape index (κ1) is 13.5. The lowest BCUT2D eigenvalue weighted by Crippen LogP contribution is -2.16. The van der Waals surface area contributed by atoms with Crippen LogP contribution in [-0.4, -0.2) is 28.9 Å². The standard InChI is InChI=1S/C13H18O4/c1-9(13(15)16)7-11-5-3-4-6-12(11)17-8-10(2)14/h3-6,9-10,14H,7-8H2,1-2H3,(H,15,16)/t9?,10-/m0/s1. The van der Waals surface area contributed by atoms with E-state index in [1.807, 2.05) is 18.2 Å². The molecule has 2 N–H and O–H groups in total. The Morgan fingerprint density at radius 2 is 2.00 bits per heavy atom. The van der Waals surface area contributed by atoms with Crippen molar-refractivity contribution >= 4 is 5.97 Å². The van der Waals surface area contributed by atoms with Gasteiger partial charge >= 0.3 is 5.97 Å². The fourth-order valence-electron chi connectivity index (χ4n) is 1.44. The fourth-order valence-corrected chi connectivity index (χ4v) is 1.44. The van der Waals surface area contributed by atoms with Gasteiger partial charge in [0.05, 0.1) is 12.0 Å². The van der Waals surface area contributed by atoms with Crippen molar-refractivity contribution < 1.29 is 19.7 Å². The molecule has 0 aliphatic heterocycles. The van der Waals surface area contributed by atoms with Crippen molar-refractivity contribution in [1.29, 1.82) is 0 Å². The first-order valence-corrected chi connectivity index (χ1v) is 5.62. The maximum Gasteiger partial charge on any atom is 0.306 e. The highest BCUT2D eigenvalue weighted by atomic mass is 16.5. The Labute approximate surface area is 101 Å². The lowest BCUT2D eigenvalue weighted by Gasteiger charge is -2.14. The van der Waals surface area contributed by atoms with Gasteiger partial charge in [-0.15, -0.1) is 0 Å². The fraction of sp³-hybridized carbons (Fsp3) is 0.462. The minimum absolute atomic E-state index is 0.207. The van der Waals surface area contributed by atoms with Crippen molar-refractivity contribution in [3.63, 3.8) is 0 Å². The largest absolute Gasteiger partial charge is 0.491 e. The van der Waals surface area contributed by atoms with Crippen molar-refractivity contribution in [2.45, 2.75) is 26.4 Å². The number of aliphatic carboxylic acids is 1. The van der Waals surface area contributed by atoms with Crippen LogP contribution in [0.1, 0.15) is 19.4 Å². The summed E-state index contributed by atoms with van der Waals surface area (Å²) in [5.74, 6) is -0.636. The summed E-state index contributed by atoms with van der Waals surface area (Å²) >= 11 is 0. The monoisotopic (exact) mass is 238 g/mol. The second-order valence-electron chi connectivity index (χ2n) is 4.21. The molecule has 1 rings (SSSR count). The first-order chi connectivity index (χ1) is 8.00. The van der Waals surface area contributed by atoms with Crippen LogP contribution in [0, 0.1) is 5.92 Å². The molecule has 94 valence electrons. The highest BCUT2D eigenvalue weighted by Gasteiger charge is 2.14. The summed E-state index contributed by atoms with van der Waals surface area (Å²) in [5, 5.41) is 18.0. The minimum Gasteiger partial charge on any atom is -0.491 e. The predicted octanol–water partition coefficient (Wildman–Crippen LogP) is 1.71. The summed E-state index contributed by atoms with van der Waals surface area (Å²) in [5.41, 5.74) is 0.850. The average Bonchev–Trinajstić information content (AvgIpc) is 2.27. The molecule has 4 nitrogen and oxygen atoms in total. The molecule has 2 atom stereocenters. The molecule has 0 fully saturated rings. The van der Waals surface area contributed by atoms with Crippen LogP contribution in [0.15, 0.2) is 24.3 Å². The van der Waals surface area contributed by atoms with E-state index in [0.29, 0.717) is 12.2 Å². The number of aliphatic hydroxyl groups excluding tert-OH is 1. The zero-order valence-corrected chi connectivity index (χ0v) is 10.1. The van der Waals surface area contributed by atoms with Gasteiger partial charge in [-0.25, -0.2) is 0 Å². The summed E-state index contributed by atoms with van der Waals surface area (Å²) in [6.45, 7) is 3.51. The maximum atomic E-state index is 10.8. The van der Waals surface area contributed by atoms with E-state index in [1.165, 1.54) is 0 Å². The van der Waals surface area contributed by atoms with Crippen LogP contribution in [0.2, 0.25) is 0 Å². The molecule has 0 bridgehead atoms. The van der Waals surface area contributed by atoms with E-state index in [-0.39, 0.29) is 6.61 Å². The molecule has 0 radical (unpaired) electrons. The number of para-hydroxylation sites is 1. The Morgan fingerprint density at radius 3 is 2.59 bits per heavy atom. The van der Waals surface area contributed by atoms with Crippen molar-refractivity contribution in [2.75, 3.05) is 6.61 Å². The number of benzene rings is 1. The van der Waals surface area contributed by atoms with E-state index in [4.69, 9.17) is 14.9 Å². The van der Waals surface area contributed by atoms with Gasteiger partial charge in [-0.2, -0.15) is 0 Å². The first-order valence-electron chi connectivity index (χ1n) is 5.62. The maximum absolute atomic E-state index is 10.8. The molecule has 4 heteroatoms. The molecule has 0 aliphatic carbocycles. The van der Waals surface area contributed by atoms with Gasteiger partial charge in [0.2, 0.25) is 0 Å². The highest BCUT2D eigenvalue weighted by molar-refractivity contribution is 5.70. The molecule has 0 saturated carbocycles. The van der Waals surface area contributed by atoms with Gasteiger partial charge in [0.1, 0.15) is 12.4 Å². The van der Waals surface area contributed by atoms with E-state index in [9.17, 15) is 4.79 Å². The van der Waals surface area contributed by atoms with E-state index < -0.39 is 18.0 Å². The zero-order valence-electron chi connectivity index (χ0n) is 10.1. The number of aliphatic hydroxyl groups is 1. The highest BCUT2D eigenvalue weighted by Crippen LogP contribution is 2.21. The normalized spacial score (nSPS) is 14.1. The number of hydrogen-bond acceptors (Lipinski definition) is 3. The Kier molecular flexibility index (Phi) is 4.97. The number of carbonyl (C=O) groups is 1. The predicted molar refractivity (Wildman–Crippen MR) is 64.1 cm³/mol. The third kappa shape index (κ3) is 4.44. The van der Waals surface area contributed by atoms with Crippen molar-refractivity contribution in [3.05, 3.63) is 29.8 Å². The van der Waals surface area contributed by atoms with E-state index >= 15 is 0 Å². The number of ether oxygens (including phenoxy) is 1. The molecule has 0 aromatic heterocycles. The summed E-state index contributed by atoms with van der Waals surface area (Å²) in [6, 6.07) is 7.30. The van der Waals surface area contributed by atoms with Gasteiger partial charge < -0.3 is 14.9 Å². The van der Waals surface area contributed by atoms with Crippen LogP contribution in [0.3, 0.4) is 0 Å². The Hall–Kier alpha value is -1.55. The summed E-state index contributed by atoms with van der Waals surface area (Å²) < 4.78 is 5.44. The van der Waals surface area contributed by atoms with E-state index in [0.717, 1.165) is 5.56 Å². The number of carboxylic acids is 1. The Morgan fingerprint density at radius 1 is 1.35 bits per heavy atom. The van der Waals surface area contributed by atoms with Crippen LogP contribution >= 0.6 is 0 Å². The van der Waals surface area contributed by atoms with Crippen LogP contribution in [-0.2, 0) is 11.2 Å². The Balaban J connectivity index is 2.73. The zero-order chi connectivity index (χ0) is 12.8. The second-order valence-corrected chi connectivity index (χ2v) is 4.21. The average molecular weight is 238 g/mol. The van der Waals surface area contributed by atoms with Gasteiger partial charge in [-0.05, 0) is 25.0 Å². The van der Waals surface area contributed by atoms with Gasteiger partial charge in [0.15, 0.2) is 0 Å². The summed E-state index contributed by atoms with van der Waals surface area (Å²) in [6.07, 6.45) is -0.120. The molecule has 0 amide bonds. The van der Waals surface area contributed by atoms with Crippen LogP contribution in [0.25, 0.3) is 0 Å². The smallest absolute Gasteiger partial charge is 0.306 e. The lowest BCUT2D eigenvalue weighted by atomic mass is 10.0. The molecule has 1 unspecified atom stereocenters. The molecule has 17 heavy (non-hydrogen) atoms. The van der Waals surface area contributed by atoms with Gasteiger partial charge in [0.25, 0.3) is 0 Å². The number of rotatable bonds is 6. The summed E-state index contributed by atoms with van der Waals surface area (Å²) in [7, 11) is 0. The van der Waals surface area contributed by atoms with Gasteiger partial charge in [-0.3, -0.25) is 4.79 Å². The number of carboxylic acid groups (broad SMARTS) is 1. The molecule has 0 heterocycles. The number of hydrogen-bond donors (Lipinski definition) is 2. The molecule has 1 aromatic rings. The van der Waals surface area contributed by atoms with Crippen molar-refractivity contribution in [1.82, 2.24) is 0 Å². The molecular formula is C13H18O4. The third-order valence-electron chi connectivity index (χ3n) is 2.40. The van der Waals surface area contributed by atoms with Crippen molar-refractivity contribution in [3.8, 4) is 5.75 Å². The minimum atomic E-state index is -0.824. The SMILES string of the molecule is CC(Cc1ccccc1OC[C@H](C)O)C(=O)O. The van der Waals surface area contributed by atoms with Crippen LogP contribution in [0.4, 0.5) is 0 Å². The molecule has 1 aromatic carbocycles. The summed E-state index contributed by atoms with van der Waals surface area (Å²) in [4.78, 5) is 10.8. The second kappa shape index (κ2) is 6.25.